The van der Waals surface area contributed by atoms with E-state index in [9.17, 15) is 4.79 Å². The first-order valence-electron chi connectivity index (χ1n) is 5.39. The van der Waals surface area contributed by atoms with E-state index in [1.165, 1.54) is 11.3 Å². The first-order chi connectivity index (χ1) is 9.20. The molecule has 0 saturated heterocycles. The highest BCUT2D eigenvalue weighted by Crippen LogP contribution is 2.22. The summed E-state index contributed by atoms with van der Waals surface area (Å²) in [6.45, 7) is 0.330. The van der Waals surface area contributed by atoms with Gasteiger partial charge in [0.2, 0.25) is 0 Å². The summed E-state index contributed by atoms with van der Waals surface area (Å²) >= 11 is 6.41. The number of carbonyl (C=O) groups is 1. The number of amides is 1. The number of thiophene rings is 2. The lowest BCUT2D eigenvalue weighted by atomic mass is 10.3. The Morgan fingerprint density at radius 3 is 3.00 bits per heavy atom. The Bertz CT molecular complexity index is 636. The van der Waals surface area contributed by atoms with Crippen LogP contribution in [0, 0.1) is 11.8 Å². The molecule has 1 amide bonds. The second-order valence-corrected chi connectivity index (χ2v) is 6.30. The van der Waals surface area contributed by atoms with Crippen LogP contribution in [-0.4, -0.2) is 17.6 Å². The van der Waals surface area contributed by atoms with Gasteiger partial charge in [0.15, 0.2) is 0 Å². The molecule has 0 fully saturated rings. The van der Waals surface area contributed by atoms with Gasteiger partial charge in [-0.05, 0) is 33.4 Å². The zero-order chi connectivity index (χ0) is 13.7. The molecule has 6 heteroatoms. The van der Waals surface area contributed by atoms with Crippen LogP contribution in [0.4, 0.5) is 0 Å². The number of rotatable bonds is 3. The Balaban J connectivity index is 1.96. The Labute approximate surface area is 127 Å². The number of halogens is 1. The number of nitrogens with one attached hydrogen (secondary N) is 1. The van der Waals surface area contributed by atoms with E-state index in [-0.39, 0.29) is 12.5 Å². The number of hydrogen-bond donors (Lipinski definition) is 2. The van der Waals surface area contributed by atoms with Gasteiger partial charge < -0.3 is 10.4 Å². The molecule has 2 aromatic rings. The molecule has 0 aliphatic heterocycles. The fraction of sp³-hybridized carbons (Fsp3) is 0.154. The molecule has 0 bridgehead atoms. The normalized spacial score (nSPS) is 9.79. The minimum absolute atomic E-state index is 0.117. The Hall–Kier alpha value is -1.13. The van der Waals surface area contributed by atoms with Crippen molar-refractivity contribution in [2.24, 2.45) is 0 Å². The highest BCUT2D eigenvalue weighted by Gasteiger charge is 2.09. The molecule has 0 radical (unpaired) electrons. The molecule has 0 atom stereocenters. The lowest BCUT2D eigenvalue weighted by Gasteiger charge is -2.02. The van der Waals surface area contributed by atoms with Crippen LogP contribution >= 0.6 is 38.6 Å². The van der Waals surface area contributed by atoms with Crippen LogP contribution in [0.1, 0.15) is 20.1 Å². The van der Waals surface area contributed by atoms with Crippen molar-refractivity contribution in [2.75, 3.05) is 6.61 Å². The number of aliphatic hydroxyl groups excluding tert-OH is 1. The molecule has 0 saturated carbocycles. The monoisotopic (exact) mass is 355 g/mol. The Kier molecular flexibility index (Phi) is 5.16. The predicted molar refractivity (Wildman–Crippen MR) is 81.5 cm³/mol. The fourth-order valence-electron chi connectivity index (χ4n) is 1.36. The topological polar surface area (TPSA) is 49.3 Å². The number of hydrogen-bond acceptors (Lipinski definition) is 4. The van der Waals surface area contributed by atoms with Gasteiger partial charge in [0.25, 0.3) is 5.91 Å². The molecule has 0 aliphatic rings. The summed E-state index contributed by atoms with van der Waals surface area (Å²) in [6, 6.07) is 3.69. The molecule has 3 nitrogen and oxygen atoms in total. The van der Waals surface area contributed by atoms with Crippen molar-refractivity contribution in [1.29, 1.82) is 0 Å². The first kappa shape index (κ1) is 14.3. The van der Waals surface area contributed by atoms with E-state index in [1.54, 1.807) is 22.8 Å². The van der Waals surface area contributed by atoms with Gasteiger partial charge in [-0.2, -0.15) is 0 Å². The maximum Gasteiger partial charge on any atom is 0.252 e. The summed E-state index contributed by atoms with van der Waals surface area (Å²) in [6.07, 6.45) is 0. The summed E-state index contributed by atoms with van der Waals surface area (Å²) in [5, 5.41) is 15.2. The smallest absolute Gasteiger partial charge is 0.252 e. The van der Waals surface area contributed by atoms with E-state index in [0.29, 0.717) is 12.1 Å². The van der Waals surface area contributed by atoms with Crippen molar-refractivity contribution >= 4 is 44.5 Å². The van der Waals surface area contributed by atoms with E-state index in [0.717, 1.165) is 14.2 Å². The van der Waals surface area contributed by atoms with Gasteiger partial charge in [0.05, 0.1) is 17.0 Å². The summed E-state index contributed by atoms with van der Waals surface area (Å²) in [7, 11) is 0. The van der Waals surface area contributed by atoms with E-state index < -0.39 is 0 Å². The van der Waals surface area contributed by atoms with Gasteiger partial charge in [-0.3, -0.25) is 4.79 Å². The highest BCUT2D eigenvalue weighted by molar-refractivity contribution is 9.10. The van der Waals surface area contributed by atoms with Crippen molar-refractivity contribution in [3.8, 4) is 11.8 Å². The lowest BCUT2D eigenvalue weighted by molar-refractivity contribution is 0.0951. The molecular formula is C13H10BrNO2S2. The Morgan fingerprint density at radius 2 is 2.32 bits per heavy atom. The van der Waals surface area contributed by atoms with Crippen molar-refractivity contribution in [3.63, 3.8) is 0 Å². The number of carbonyl (C=O) groups excluding carboxylic acids is 1. The largest absolute Gasteiger partial charge is 0.384 e. The van der Waals surface area contributed by atoms with Gasteiger partial charge in [0.1, 0.15) is 6.61 Å². The molecule has 0 spiro atoms. The van der Waals surface area contributed by atoms with Crippen LogP contribution in [0.5, 0.6) is 0 Å². The van der Waals surface area contributed by atoms with E-state index >= 15 is 0 Å². The molecule has 0 aromatic carbocycles. The fourth-order valence-corrected chi connectivity index (χ4v) is 3.55. The van der Waals surface area contributed by atoms with Crippen LogP contribution in [0.15, 0.2) is 27.4 Å². The van der Waals surface area contributed by atoms with Crippen LogP contribution < -0.4 is 5.32 Å². The average molecular weight is 356 g/mol. The minimum Gasteiger partial charge on any atom is -0.384 e. The molecule has 0 aliphatic carbocycles. The SMILES string of the molecule is O=C(NCc1sccc1Br)c1csc(C#CCO)c1. The second kappa shape index (κ2) is 6.87. The summed E-state index contributed by atoms with van der Waals surface area (Å²) in [4.78, 5) is 13.8. The van der Waals surface area contributed by atoms with Gasteiger partial charge >= 0.3 is 0 Å². The summed E-state index contributed by atoms with van der Waals surface area (Å²) in [5.41, 5.74) is 0.597. The second-order valence-electron chi connectivity index (χ2n) is 3.53. The standard InChI is InChI=1S/C13H10BrNO2S2/c14-11-3-5-18-12(11)7-15-13(17)9-6-10(19-8-9)2-1-4-16/h3,5-6,8,16H,4,7H2,(H,15,17). The van der Waals surface area contributed by atoms with E-state index in [4.69, 9.17) is 5.11 Å². The van der Waals surface area contributed by atoms with Gasteiger partial charge in [-0.15, -0.1) is 22.7 Å². The third kappa shape index (κ3) is 3.91. The first-order valence-corrected chi connectivity index (χ1v) is 7.94. The molecule has 98 valence electrons. The third-order valence-corrected chi connectivity index (χ3v) is 5.02. The molecule has 2 aromatic heterocycles. The summed E-state index contributed by atoms with van der Waals surface area (Å²) < 4.78 is 1.01. The minimum atomic E-state index is -0.175. The molecule has 0 unspecified atom stereocenters. The Morgan fingerprint density at radius 1 is 1.47 bits per heavy atom. The average Bonchev–Trinajstić information content (AvgIpc) is 3.03. The quantitative estimate of drug-likeness (QED) is 0.831. The molecule has 2 heterocycles. The van der Waals surface area contributed by atoms with Crippen molar-refractivity contribution < 1.29 is 9.90 Å². The maximum absolute atomic E-state index is 11.9. The molecule has 2 rings (SSSR count). The highest BCUT2D eigenvalue weighted by atomic mass is 79.9. The van der Waals surface area contributed by atoms with Crippen molar-refractivity contribution in [2.45, 2.75) is 6.54 Å². The van der Waals surface area contributed by atoms with Gasteiger partial charge in [0, 0.05) is 14.7 Å². The van der Waals surface area contributed by atoms with Gasteiger partial charge in [-0.25, -0.2) is 0 Å². The van der Waals surface area contributed by atoms with Crippen molar-refractivity contribution in [1.82, 2.24) is 5.32 Å². The van der Waals surface area contributed by atoms with E-state index in [2.05, 4.69) is 33.1 Å². The van der Waals surface area contributed by atoms with Crippen LogP contribution in [-0.2, 0) is 6.54 Å². The van der Waals surface area contributed by atoms with Gasteiger partial charge in [-0.1, -0.05) is 11.8 Å². The maximum atomic E-state index is 11.9. The molecule has 19 heavy (non-hydrogen) atoms. The lowest BCUT2D eigenvalue weighted by Crippen LogP contribution is -2.21. The zero-order valence-corrected chi connectivity index (χ0v) is 13.0. The van der Waals surface area contributed by atoms with E-state index in [1.807, 2.05) is 11.4 Å². The van der Waals surface area contributed by atoms with Crippen molar-refractivity contribution in [3.05, 3.63) is 42.7 Å². The van der Waals surface area contributed by atoms with Crippen LogP contribution in [0.3, 0.4) is 0 Å². The van der Waals surface area contributed by atoms with Crippen LogP contribution in [0.25, 0.3) is 0 Å². The molecule has 2 N–H and O–H groups in total. The summed E-state index contributed by atoms with van der Waals surface area (Å²) in [5.74, 6) is 5.22. The molecular weight excluding hydrogens is 346 g/mol. The third-order valence-electron chi connectivity index (χ3n) is 2.25. The predicted octanol–water partition coefficient (Wildman–Crippen LogP) is 2.85. The zero-order valence-electron chi connectivity index (χ0n) is 9.77. The number of aliphatic hydroxyl groups is 1. The van der Waals surface area contributed by atoms with Crippen LogP contribution in [0.2, 0.25) is 0 Å².